The highest BCUT2D eigenvalue weighted by molar-refractivity contribution is 9.10. The summed E-state index contributed by atoms with van der Waals surface area (Å²) in [7, 11) is 0. The van der Waals surface area contributed by atoms with Gasteiger partial charge in [0.05, 0.1) is 16.5 Å². The summed E-state index contributed by atoms with van der Waals surface area (Å²) in [4.78, 5) is 11.2. The van der Waals surface area contributed by atoms with E-state index in [0.717, 1.165) is 16.6 Å². The molecule has 1 heterocycles. The molecule has 0 spiro atoms. The first-order valence-corrected chi connectivity index (χ1v) is 5.46. The molecule has 15 heavy (non-hydrogen) atoms. The Balaban J connectivity index is 2.25. The zero-order valence-electron chi connectivity index (χ0n) is 8.12. The number of benzene rings is 1. The van der Waals surface area contributed by atoms with Crippen LogP contribution in [-0.4, -0.2) is 20.9 Å². The van der Waals surface area contributed by atoms with Gasteiger partial charge in [-0.25, -0.2) is 0 Å². The van der Waals surface area contributed by atoms with Crippen LogP contribution in [-0.2, 0) is 4.79 Å². The number of alkyl halides is 1. The lowest BCUT2D eigenvalue weighted by molar-refractivity contribution is -0.115. The molecule has 5 heteroatoms. The van der Waals surface area contributed by atoms with E-state index in [2.05, 4.69) is 31.4 Å². The van der Waals surface area contributed by atoms with Gasteiger partial charge in [-0.1, -0.05) is 15.9 Å². The molecule has 0 aliphatic carbocycles. The van der Waals surface area contributed by atoms with Crippen LogP contribution in [0.4, 0.5) is 5.69 Å². The van der Waals surface area contributed by atoms with Gasteiger partial charge < -0.3 is 5.32 Å². The van der Waals surface area contributed by atoms with Gasteiger partial charge in [0, 0.05) is 11.1 Å². The van der Waals surface area contributed by atoms with Crippen molar-refractivity contribution < 1.29 is 4.79 Å². The molecule has 2 aromatic rings. The molecule has 1 amide bonds. The number of aromatic amines is 1. The summed E-state index contributed by atoms with van der Waals surface area (Å²) in [6.07, 6.45) is 1.74. The van der Waals surface area contributed by atoms with Gasteiger partial charge in [0.1, 0.15) is 0 Å². The second-order valence-corrected chi connectivity index (χ2v) is 4.65. The van der Waals surface area contributed by atoms with Crippen LogP contribution >= 0.6 is 15.9 Å². The highest BCUT2D eigenvalue weighted by atomic mass is 79.9. The van der Waals surface area contributed by atoms with Crippen LogP contribution in [0.15, 0.2) is 24.4 Å². The number of carbonyl (C=O) groups is 1. The Hall–Kier alpha value is -1.36. The standard InChI is InChI=1S/C10H10BrN3O/c1-6(11)10(15)13-8-3-2-7-5-12-14-9(7)4-8/h2-6H,1H3,(H,12,14)(H,13,15). The summed E-state index contributed by atoms with van der Waals surface area (Å²) in [6.45, 7) is 1.78. The van der Waals surface area contributed by atoms with Crippen LogP contribution < -0.4 is 5.32 Å². The fourth-order valence-corrected chi connectivity index (χ4v) is 1.37. The van der Waals surface area contributed by atoms with E-state index in [1.54, 1.807) is 13.1 Å². The largest absolute Gasteiger partial charge is 0.325 e. The first kappa shape index (κ1) is 10.2. The van der Waals surface area contributed by atoms with E-state index in [-0.39, 0.29) is 10.7 Å². The van der Waals surface area contributed by atoms with Crippen LogP contribution in [0.25, 0.3) is 10.9 Å². The van der Waals surface area contributed by atoms with Gasteiger partial charge in [0.15, 0.2) is 0 Å². The predicted octanol–water partition coefficient (Wildman–Crippen LogP) is 2.28. The Morgan fingerprint density at radius 1 is 1.60 bits per heavy atom. The highest BCUT2D eigenvalue weighted by Crippen LogP contribution is 2.17. The Morgan fingerprint density at radius 2 is 2.40 bits per heavy atom. The molecule has 0 bridgehead atoms. The number of nitrogens with zero attached hydrogens (tertiary/aromatic N) is 1. The first-order chi connectivity index (χ1) is 7.16. The van der Waals surface area contributed by atoms with E-state index >= 15 is 0 Å². The predicted molar refractivity (Wildman–Crippen MR) is 63.1 cm³/mol. The van der Waals surface area contributed by atoms with Gasteiger partial charge in [-0.3, -0.25) is 9.89 Å². The third kappa shape index (κ3) is 2.18. The van der Waals surface area contributed by atoms with Crippen molar-refractivity contribution >= 4 is 38.4 Å². The molecule has 1 atom stereocenters. The number of anilines is 1. The Bertz CT molecular complexity index is 492. The third-order valence-electron chi connectivity index (χ3n) is 2.07. The maximum atomic E-state index is 11.4. The molecule has 0 radical (unpaired) electrons. The van der Waals surface area contributed by atoms with Gasteiger partial charge in [0.2, 0.25) is 5.91 Å². The summed E-state index contributed by atoms with van der Waals surface area (Å²) >= 11 is 3.21. The minimum Gasteiger partial charge on any atom is -0.325 e. The van der Waals surface area contributed by atoms with Crippen LogP contribution in [0.3, 0.4) is 0 Å². The number of amides is 1. The Labute approximate surface area is 95.2 Å². The zero-order chi connectivity index (χ0) is 10.8. The van der Waals surface area contributed by atoms with Crippen LogP contribution in [0.5, 0.6) is 0 Å². The van der Waals surface area contributed by atoms with Crippen LogP contribution in [0.1, 0.15) is 6.92 Å². The van der Waals surface area contributed by atoms with Gasteiger partial charge in [-0.05, 0) is 25.1 Å². The van der Waals surface area contributed by atoms with Crippen molar-refractivity contribution in [1.82, 2.24) is 10.2 Å². The van der Waals surface area contributed by atoms with Crippen molar-refractivity contribution in [3.05, 3.63) is 24.4 Å². The van der Waals surface area contributed by atoms with Crippen molar-refractivity contribution in [2.75, 3.05) is 5.32 Å². The number of nitrogens with one attached hydrogen (secondary N) is 2. The molecule has 4 nitrogen and oxygen atoms in total. The number of fused-ring (bicyclic) bond motifs is 1. The molecule has 78 valence electrons. The molecule has 0 aliphatic rings. The summed E-state index contributed by atoms with van der Waals surface area (Å²) < 4.78 is 0. The smallest absolute Gasteiger partial charge is 0.237 e. The van der Waals surface area contributed by atoms with Gasteiger partial charge in [0.25, 0.3) is 0 Å². The van der Waals surface area contributed by atoms with E-state index in [9.17, 15) is 4.79 Å². The van der Waals surface area contributed by atoms with E-state index < -0.39 is 0 Å². The zero-order valence-corrected chi connectivity index (χ0v) is 9.71. The fourth-order valence-electron chi connectivity index (χ4n) is 1.26. The summed E-state index contributed by atoms with van der Waals surface area (Å²) in [6, 6.07) is 5.62. The molecular formula is C10H10BrN3O. The number of carbonyl (C=O) groups excluding carboxylic acids is 1. The van der Waals surface area contributed by atoms with Gasteiger partial charge in [-0.15, -0.1) is 0 Å². The lowest BCUT2D eigenvalue weighted by atomic mass is 10.2. The molecule has 1 unspecified atom stereocenters. The lowest BCUT2D eigenvalue weighted by Gasteiger charge is -2.06. The quantitative estimate of drug-likeness (QED) is 0.821. The summed E-state index contributed by atoms with van der Waals surface area (Å²) in [5.74, 6) is -0.0612. The van der Waals surface area contributed by atoms with Gasteiger partial charge >= 0.3 is 0 Å². The van der Waals surface area contributed by atoms with E-state index in [4.69, 9.17) is 0 Å². The van der Waals surface area contributed by atoms with Crippen molar-refractivity contribution in [3.63, 3.8) is 0 Å². The minimum atomic E-state index is -0.199. The maximum Gasteiger partial charge on any atom is 0.237 e. The molecule has 1 aromatic heterocycles. The average Bonchev–Trinajstić information content (AvgIpc) is 2.64. The second-order valence-electron chi connectivity index (χ2n) is 3.28. The SMILES string of the molecule is CC(Br)C(=O)Nc1ccc2cn[nH]c2c1. The van der Waals surface area contributed by atoms with Crippen molar-refractivity contribution in [1.29, 1.82) is 0 Å². The van der Waals surface area contributed by atoms with Gasteiger partial charge in [-0.2, -0.15) is 5.10 Å². The van der Waals surface area contributed by atoms with E-state index in [1.807, 2.05) is 18.2 Å². The first-order valence-electron chi connectivity index (χ1n) is 4.55. The second kappa shape index (κ2) is 4.02. The average molecular weight is 268 g/mol. The number of H-pyrrole nitrogens is 1. The van der Waals surface area contributed by atoms with Crippen LogP contribution in [0.2, 0.25) is 0 Å². The molecule has 0 fully saturated rings. The third-order valence-corrected chi connectivity index (χ3v) is 2.49. The molecule has 1 aromatic carbocycles. The van der Waals surface area contributed by atoms with E-state index in [1.165, 1.54) is 0 Å². The normalized spacial score (nSPS) is 12.7. The maximum absolute atomic E-state index is 11.4. The Kier molecular flexibility index (Phi) is 2.73. The summed E-state index contributed by atoms with van der Waals surface area (Å²) in [5, 5.41) is 10.6. The summed E-state index contributed by atoms with van der Waals surface area (Å²) in [5.41, 5.74) is 1.68. The number of rotatable bonds is 2. The molecule has 0 saturated heterocycles. The molecule has 2 rings (SSSR count). The molecule has 2 N–H and O–H groups in total. The number of aromatic nitrogens is 2. The van der Waals surface area contributed by atoms with Crippen molar-refractivity contribution in [2.24, 2.45) is 0 Å². The number of hydrogen-bond donors (Lipinski definition) is 2. The van der Waals surface area contributed by atoms with Crippen molar-refractivity contribution in [3.8, 4) is 0 Å². The lowest BCUT2D eigenvalue weighted by Crippen LogP contribution is -2.19. The minimum absolute atomic E-state index is 0.0612. The van der Waals surface area contributed by atoms with Crippen molar-refractivity contribution in [2.45, 2.75) is 11.8 Å². The fraction of sp³-hybridized carbons (Fsp3) is 0.200. The topological polar surface area (TPSA) is 57.8 Å². The molecule has 0 saturated carbocycles. The van der Waals surface area contributed by atoms with Crippen LogP contribution in [0, 0.1) is 0 Å². The monoisotopic (exact) mass is 267 g/mol. The molecule has 0 aliphatic heterocycles. The number of hydrogen-bond acceptors (Lipinski definition) is 2. The number of halogens is 1. The highest BCUT2D eigenvalue weighted by Gasteiger charge is 2.08. The van der Waals surface area contributed by atoms with E-state index in [0.29, 0.717) is 0 Å². The Morgan fingerprint density at radius 3 is 3.13 bits per heavy atom. The molecular weight excluding hydrogens is 258 g/mol.